The van der Waals surface area contributed by atoms with Crippen LogP contribution in [0.4, 0.5) is 16.3 Å². The molecule has 1 fully saturated rings. The molecule has 26 heavy (non-hydrogen) atoms. The minimum absolute atomic E-state index is 0.221. The van der Waals surface area contributed by atoms with E-state index in [-0.39, 0.29) is 17.0 Å². The number of likely N-dealkylation sites (tertiary alicyclic amines) is 1. The quantitative estimate of drug-likeness (QED) is 0.766. The summed E-state index contributed by atoms with van der Waals surface area (Å²) in [5.74, 6) is 0.494. The van der Waals surface area contributed by atoms with E-state index in [0.717, 1.165) is 25.3 Å². The van der Waals surface area contributed by atoms with Crippen LogP contribution in [0.2, 0.25) is 0 Å². The Bertz CT molecular complexity index is 617. The summed E-state index contributed by atoms with van der Waals surface area (Å²) in [4.78, 5) is 14.8. The molecule has 0 saturated carbocycles. The van der Waals surface area contributed by atoms with Crippen molar-refractivity contribution in [2.24, 2.45) is 0 Å². The third-order valence-electron chi connectivity index (χ3n) is 4.67. The maximum Gasteiger partial charge on any atom is 0.319 e. The molecule has 0 spiro atoms. The van der Waals surface area contributed by atoms with Gasteiger partial charge < -0.3 is 21.3 Å². The number of piperidine rings is 1. The Morgan fingerprint density at radius 3 is 2.27 bits per heavy atom. The predicted octanol–water partition coefficient (Wildman–Crippen LogP) is 3.13. The van der Waals surface area contributed by atoms with Crippen LogP contribution in [0.5, 0.6) is 0 Å². The highest BCUT2D eigenvalue weighted by molar-refractivity contribution is 5.93. The minimum atomic E-state index is -0.255. The summed E-state index contributed by atoms with van der Waals surface area (Å²) in [6, 6.07) is -0.229. The number of aromatic nitrogens is 2. The fourth-order valence-corrected chi connectivity index (χ4v) is 3.26. The lowest BCUT2D eigenvalue weighted by molar-refractivity contribution is 0.224. The van der Waals surface area contributed by atoms with Crippen molar-refractivity contribution in [3.8, 4) is 0 Å². The molecular weight excluding hydrogens is 328 g/mol. The van der Waals surface area contributed by atoms with Crippen molar-refractivity contribution in [3.05, 3.63) is 5.69 Å². The van der Waals surface area contributed by atoms with Gasteiger partial charge in [0.05, 0.1) is 11.2 Å². The molecule has 0 bridgehead atoms. The molecule has 1 aliphatic rings. The molecule has 1 aromatic rings. The van der Waals surface area contributed by atoms with Crippen molar-refractivity contribution in [2.45, 2.75) is 71.8 Å². The third kappa shape index (κ3) is 5.13. The van der Waals surface area contributed by atoms with Crippen molar-refractivity contribution in [1.29, 1.82) is 0 Å². The summed E-state index contributed by atoms with van der Waals surface area (Å²) < 4.78 is 1.79. The molecule has 7 heteroatoms. The maximum absolute atomic E-state index is 12.4. The Kier molecular flexibility index (Phi) is 6.21. The number of urea groups is 1. The lowest BCUT2D eigenvalue weighted by atomic mass is 9.91. The normalized spacial score (nSPS) is 16.5. The van der Waals surface area contributed by atoms with Gasteiger partial charge in [-0.1, -0.05) is 27.2 Å². The van der Waals surface area contributed by atoms with Crippen LogP contribution < -0.4 is 16.4 Å². The van der Waals surface area contributed by atoms with Gasteiger partial charge in [0.1, 0.15) is 11.5 Å². The van der Waals surface area contributed by atoms with Crippen LogP contribution in [-0.4, -0.2) is 46.9 Å². The van der Waals surface area contributed by atoms with E-state index >= 15 is 0 Å². The van der Waals surface area contributed by atoms with E-state index in [1.54, 1.807) is 4.68 Å². The van der Waals surface area contributed by atoms with Crippen LogP contribution in [0.25, 0.3) is 0 Å². The Morgan fingerprint density at radius 2 is 1.73 bits per heavy atom. The second-order valence-corrected chi connectivity index (χ2v) is 9.22. The molecule has 2 heterocycles. The van der Waals surface area contributed by atoms with Crippen LogP contribution in [0.1, 0.15) is 66.5 Å². The van der Waals surface area contributed by atoms with Gasteiger partial charge >= 0.3 is 6.03 Å². The summed E-state index contributed by atoms with van der Waals surface area (Å²) in [6.45, 7) is 16.1. The van der Waals surface area contributed by atoms with Crippen LogP contribution in [-0.2, 0) is 11.0 Å². The SMILES string of the molecule is CC(C)(C)c1nn(C(C)(C)C)c(N)c1NC(=O)NCCN1CCCCC1. The monoisotopic (exact) mass is 364 g/mol. The number of hydrogen-bond donors (Lipinski definition) is 3. The van der Waals surface area contributed by atoms with Gasteiger partial charge in [0.15, 0.2) is 0 Å². The molecule has 2 amide bonds. The average molecular weight is 365 g/mol. The zero-order valence-corrected chi connectivity index (χ0v) is 17.3. The Balaban J connectivity index is 2.04. The number of amides is 2. The van der Waals surface area contributed by atoms with Gasteiger partial charge in [-0.25, -0.2) is 9.48 Å². The second kappa shape index (κ2) is 7.86. The zero-order chi connectivity index (χ0) is 19.5. The summed E-state index contributed by atoms with van der Waals surface area (Å²) in [7, 11) is 0. The van der Waals surface area contributed by atoms with Crippen LogP contribution in [0.3, 0.4) is 0 Å². The molecule has 0 radical (unpaired) electrons. The van der Waals surface area contributed by atoms with Crippen molar-refractivity contribution < 1.29 is 4.79 Å². The number of nitrogens with two attached hydrogens (primary N) is 1. The molecule has 0 atom stereocenters. The lowest BCUT2D eigenvalue weighted by Crippen LogP contribution is -2.39. The molecule has 148 valence electrons. The molecular formula is C19H36N6O. The summed E-state index contributed by atoms with van der Waals surface area (Å²) >= 11 is 0. The number of carbonyl (C=O) groups excluding carboxylic acids is 1. The molecule has 0 aliphatic carbocycles. The number of anilines is 2. The van der Waals surface area contributed by atoms with Crippen molar-refractivity contribution >= 4 is 17.5 Å². The Hall–Kier alpha value is -1.76. The van der Waals surface area contributed by atoms with Gasteiger partial charge in [0.25, 0.3) is 0 Å². The molecule has 1 aromatic heterocycles. The van der Waals surface area contributed by atoms with E-state index in [1.807, 2.05) is 20.8 Å². The van der Waals surface area contributed by atoms with Crippen LogP contribution in [0.15, 0.2) is 0 Å². The Morgan fingerprint density at radius 1 is 1.12 bits per heavy atom. The Labute approximate surface area is 157 Å². The molecule has 0 aromatic carbocycles. The van der Waals surface area contributed by atoms with E-state index in [4.69, 9.17) is 10.8 Å². The van der Waals surface area contributed by atoms with E-state index in [9.17, 15) is 4.79 Å². The number of nitrogen functional groups attached to an aromatic ring is 1. The van der Waals surface area contributed by atoms with Crippen molar-refractivity contribution in [1.82, 2.24) is 20.0 Å². The standard InChI is InChI=1S/C19H36N6O/c1-18(2,3)15-14(16(20)25(23-15)19(4,5)6)22-17(26)21-10-13-24-11-8-7-9-12-24/h7-13,20H2,1-6H3,(H2,21,22,26). The first-order chi connectivity index (χ1) is 12.0. The highest BCUT2D eigenvalue weighted by Crippen LogP contribution is 2.35. The summed E-state index contributed by atoms with van der Waals surface area (Å²) in [6.07, 6.45) is 3.82. The third-order valence-corrected chi connectivity index (χ3v) is 4.67. The number of nitrogens with zero attached hydrogens (tertiary/aromatic N) is 3. The highest BCUT2D eigenvalue weighted by atomic mass is 16.2. The fourth-order valence-electron chi connectivity index (χ4n) is 3.26. The van der Waals surface area contributed by atoms with Crippen LogP contribution in [0, 0.1) is 0 Å². The van der Waals surface area contributed by atoms with E-state index in [1.165, 1.54) is 19.3 Å². The molecule has 2 rings (SSSR count). The number of carbonyl (C=O) groups is 1. The van der Waals surface area contributed by atoms with Gasteiger partial charge in [-0.05, 0) is 46.7 Å². The average Bonchev–Trinajstić information content (AvgIpc) is 2.85. The largest absolute Gasteiger partial charge is 0.382 e. The predicted molar refractivity (Wildman–Crippen MR) is 108 cm³/mol. The zero-order valence-electron chi connectivity index (χ0n) is 17.3. The first kappa shape index (κ1) is 20.6. The molecule has 1 saturated heterocycles. The summed E-state index contributed by atoms with van der Waals surface area (Å²) in [5.41, 5.74) is 7.27. The van der Waals surface area contributed by atoms with Gasteiger partial charge in [-0.2, -0.15) is 5.10 Å². The van der Waals surface area contributed by atoms with Crippen LogP contribution >= 0.6 is 0 Å². The van der Waals surface area contributed by atoms with E-state index in [0.29, 0.717) is 18.1 Å². The molecule has 0 unspecified atom stereocenters. The first-order valence-electron chi connectivity index (χ1n) is 9.67. The van der Waals surface area contributed by atoms with E-state index in [2.05, 4.69) is 36.3 Å². The smallest absolute Gasteiger partial charge is 0.319 e. The fraction of sp³-hybridized carbons (Fsp3) is 0.789. The minimum Gasteiger partial charge on any atom is -0.382 e. The number of hydrogen-bond acceptors (Lipinski definition) is 4. The summed E-state index contributed by atoms with van der Waals surface area (Å²) in [5, 5.41) is 10.6. The van der Waals surface area contributed by atoms with Crippen molar-refractivity contribution in [3.63, 3.8) is 0 Å². The first-order valence-corrected chi connectivity index (χ1v) is 9.67. The lowest BCUT2D eigenvalue weighted by Gasteiger charge is -2.26. The number of nitrogens with one attached hydrogen (secondary N) is 2. The molecule has 7 nitrogen and oxygen atoms in total. The van der Waals surface area contributed by atoms with E-state index < -0.39 is 0 Å². The second-order valence-electron chi connectivity index (χ2n) is 9.22. The maximum atomic E-state index is 12.4. The van der Waals surface area contributed by atoms with Crippen molar-refractivity contribution in [2.75, 3.05) is 37.2 Å². The van der Waals surface area contributed by atoms with Gasteiger partial charge in [-0.15, -0.1) is 0 Å². The van der Waals surface area contributed by atoms with Gasteiger partial charge in [0, 0.05) is 18.5 Å². The topological polar surface area (TPSA) is 88.2 Å². The molecule has 4 N–H and O–H groups in total. The number of rotatable bonds is 4. The molecule has 1 aliphatic heterocycles. The highest BCUT2D eigenvalue weighted by Gasteiger charge is 2.30. The van der Waals surface area contributed by atoms with Gasteiger partial charge in [-0.3, -0.25) is 0 Å². The van der Waals surface area contributed by atoms with Gasteiger partial charge in [0.2, 0.25) is 0 Å².